The van der Waals surface area contributed by atoms with Gasteiger partial charge in [0.15, 0.2) is 0 Å². The third kappa shape index (κ3) is 2.88. The van der Waals surface area contributed by atoms with Gasteiger partial charge in [-0.25, -0.2) is 0 Å². The van der Waals surface area contributed by atoms with Crippen LogP contribution in [0, 0.1) is 20.8 Å². The number of fused-ring (bicyclic) bond motifs is 1. The molecule has 0 fully saturated rings. The summed E-state index contributed by atoms with van der Waals surface area (Å²) in [6, 6.07) is 12.9. The molecule has 0 saturated carbocycles. The zero-order valence-corrected chi connectivity index (χ0v) is 13.7. The fourth-order valence-corrected chi connectivity index (χ4v) is 4.71. The van der Waals surface area contributed by atoms with E-state index in [0.717, 1.165) is 12.2 Å². The Morgan fingerprint density at radius 1 is 1.14 bits per heavy atom. The first kappa shape index (κ1) is 14.7. The average Bonchev–Trinajstić information content (AvgIpc) is 2.86. The zero-order valence-electron chi connectivity index (χ0n) is 12.9. The summed E-state index contributed by atoms with van der Waals surface area (Å²) in [6.07, 6.45) is 0.443. The van der Waals surface area contributed by atoms with Crippen molar-refractivity contribution in [1.29, 1.82) is 0 Å². The average molecular weight is 298 g/mol. The predicted molar refractivity (Wildman–Crippen MR) is 90.3 cm³/mol. The van der Waals surface area contributed by atoms with Gasteiger partial charge in [0.2, 0.25) is 0 Å². The van der Waals surface area contributed by atoms with E-state index >= 15 is 0 Å². The van der Waals surface area contributed by atoms with E-state index in [1.165, 1.54) is 32.7 Å². The first-order valence-electron chi connectivity index (χ1n) is 7.53. The van der Waals surface area contributed by atoms with Crippen molar-refractivity contribution in [2.24, 2.45) is 0 Å². The smallest absolute Gasteiger partial charge is 0.0657 e. The molecule has 1 N–H and O–H groups in total. The summed E-state index contributed by atoms with van der Waals surface area (Å²) in [7, 11) is 0. The van der Waals surface area contributed by atoms with Gasteiger partial charge in [0.25, 0.3) is 0 Å². The molecule has 1 heterocycles. The Labute approximate surface area is 131 Å². The molecular weight excluding hydrogens is 276 g/mol. The van der Waals surface area contributed by atoms with Crippen LogP contribution in [0.4, 0.5) is 0 Å². The lowest BCUT2D eigenvalue weighted by molar-refractivity contribution is 0.151. The second-order valence-corrected chi connectivity index (χ2v) is 7.17. The molecule has 0 amide bonds. The van der Waals surface area contributed by atoms with E-state index in [9.17, 15) is 5.11 Å². The van der Waals surface area contributed by atoms with Crippen LogP contribution in [0.2, 0.25) is 0 Å². The van der Waals surface area contributed by atoms with E-state index in [-0.39, 0.29) is 12.0 Å². The number of aliphatic hydroxyl groups is 1. The molecule has 2 heteroatoms. The minimum absolute atomic E-state index is 0.256. The number of aryl methyl sites for hydroxylation is 3. The van der Waals surface area contributed by atoms with E-state index in [4.69, 9.17) is 0 Å². The number of aliphatic hydroxyl groups excluding tert-OH is 1. The van der Waals surface area contributed by atoms with Crippen molar-refractivity contribution in [1.82, 2.24) is 0 Å². The van der Waals surface area contributed by atoms with Crippen LogP contribution in [-0.4, -0.2) is 17.0 Å². The topological polar surface area (TPSA) is 20.2 Å². The molecule has 0 bridgehead atoms. The van der Waals surface area contributed by atoms with Gasteiger partial charge in [0, 0.05) is 16.6 Å². The highest BCUT2D eigenvalue weighted by atomic mass is 32.2. The molecule has 0 spiro atoms. The normalized spacial score (nSPS) is 18.6. The van der Waals surface area contributed by atoms with Crippen LogP contribution in [-0.2, 0) is 6.42 Å². The highest BCUT2D eigenvalue weighted by Crippen LogP contribution is 2.41. The second kappa shape index (κ2) is 5.86. The number of rotatable bonds is 3. The molecule has 3 rings (SSSR count). The van der Waals surface area contributed by atoms with Crippen LogP contribution in [0.1, 0.15) is 33.7 Å². The number of benzene rings is 2. The van der Waals surface area contributed by atoms with E-state index in [1.54, 1.807) is 0 Å². The van der Waals surface area contributed by atoms with E-state index in [2.05, 4.69) is 57.2 Å². The monoisotopic (exact) mass is 298 g/mol. The van der Waals surface area contributed by atoms with Gasteiger partial charge in [-0.05, 0) is 55.5 Å². The molecular formula is C19H22OS. The number of hydrogen-bond acceptors (Lipinski definition) is 2. The quantitative estimate of drug-likeness (QED) is 0.906. The Hall–Kier alpha value is -1.25. The van der Waals surface area contributed by atoms with Crippen LogP contribution in [0.5, 0.6) is 0 Å². The van der Waals surface area contributed by atoms with E-state index in [0.29, 0.717) is 0 Å². The maximum Gasteiger partial charge on any atom is 0.0657 e. The highest BCUT2D eigenvalue weighted by Gasteiger charge is 2.29. The summed E-state index contributed by atoms with van der Waals surface area (Å²) < 4.78 is 0. The summed E-state index contributed by atoms with van der Waals surface area (Å²) in [5, 5.41) is 10.8. The van der Waals surface area contributed by atoms with Crippen LogP contribution < -0.4 is 0 Å². The fraction of sp³-hybridized carbons (Fsp3) is 0.368. The maximum absolute atomic E-state index is 10.8. The second-order valence-electron chi connectivity index (χ2n) is 6.10. The van der Waals surface area contributed by atoms with E-state index < -0.39 is 0 Å². The predicted octanol–water partition coefficient (Wildman–Crippen LogP) is 4.40. The first-order valence-corrected chi connectivity index (χ1v) is 8.51. The molecule has 1 aliphatic rings. The lowest BCUT2D eigenvalue weighted by atomic mass is 9.88. The Bertz CT molecular complexity index is 639. The van der Waals surface area contributed by atoms with E-state index in [1.807, 2.05) is 11.8 Å². The first-order chi connectivity index (χ1) is 10.1. The lowest BCUT2D eigenvalue weighted by Crippen LogP contribution is -2.22. The molecule has 2 aromatic rings. The molecule has 1 aliphatic heterocycles. The minimum atomic E-state index is -0.304. The molecule has 110 valence electrons. The molecule has 2 atom stereocenters. The number of thioether (sulfide) groups is 1. The molecule has 0 aromatic heterocycles. The van der Waals surface area contributed by atoms with Gasteiger partial charge < -0.3 is 5.11 Å². The molecule has 0 aliphatic carbocycles. The van der Waals surface area contributed by atoms with Crippen molar-refractivity contribution in [3.63, 3.8) is 0 Å². The van der Waals surface area contributed by atoms with Gasteiger partial charge in [-0.3, -0.25) is 0 Å². The van der Waals surface area contributed by atoms with Gasteiger partial charge in [-0.1, -0.05) is 35.9 Å². The summed E-state index contributed by atoms with van der Waals surface area (Å²) >= 11 is 1.87. The lowest BCUT2D eigenvalue weighted by Gasteiger charge is -2.21. The van der Waals surface area contributed by atoms with Gasteiger partial charge in [-0.15, -0.1) is 11.8 Å². The SMILES string of the molecule is Cc1cc(C)c(CC(O)C2CSc3ccccc32)c(C)c1. The molecule has 0 radical (unpaired) electrons. The van der Waals surface area contributed by atoms with Crippen LogP contribution in [0.3, 0.4) is 0 Å². The molecule has 2 unspecified atom stereocenters. The molecule has 0 saturated heterocycles. The van der Waals surface area contributed by atoms with Gasteiger partial charge in [0.1, 0.15) is 0 Å². The van der Waals surface area contributed by atoms with Gasteiger partial charge in [-0.2, -0.15) is 0 Å². The van der Waals surface area contributed by atoms with Crippen LogP contribution in [0.25, 0.3) is 0 Å². The number of hydrogen-bond donors (Lipinski definition) is 1. The largest absolute Gasteiger partial charge is 0.392 e. The molecule has 21 heavy (non-hydrogen) atoms. The maximum atomic E-state index is 10.8. The fourth-order valence-electron chi connectivity index (χ4n) is 3.39. The Morgan fingerprint density at radius 3 is 2.52 bits per heavy atom. The standard InChI is InChI=1S/C19H22OS/c1-12-8-13(2)16(14(3)9-12)10-18(20)17-11-21-19-7-5-4-6-15(17)19/h4-9,17-18,20H,10-11H2,1-3H3. The van der Waals surface area contributed by atoms with Crippen LogP contribution in [0.15, 0.2) is 41.3 Å². The van der Waals surface area contributed by atoms with Crippen molar-refractivity contribution in [2.45, 2.75) is 44.1 Å². The zero-order chi connectivity index (χ0) is 15.0. The Morgan fingerprint density at radius 2 is 1.81 bits per heavy atom. The van der Waals surface area contributed by atoms with Crippen molar-refractivity contribution in [2.75, 3.05) is 5.75 Å². The molecule has 2 aromatic carbocycles. The Kier molecular flexibility index (Phi) is 4.10. The van der Waals surface area contributed by atoms with Gasteiger partial charge >= 0.3 is 0 Å². The highest BCUT2D eigenvalue weighted by molar-refractivity contribution is 7.99. The van der Waals surface area contributed by atoms with Crippen LogP contribution >= 0.6 is 11.8 Å². The third-order valence-corrected chi connectivity index (χ3v) is 5.66. The van der Waals surface area contributed by atoms with Crippen molar-refractivity contribution in [3.05, 3.63) is 64.2 Å². The summed E-state index contributed by atoms with van der Waals surface area (Å²) in [5.41, 5.74) is 6.51. The minimum Gasteiger partial charge on any atom is -0.392 e. The van der Waals surface area contributed by atoms with Crippen molar-refractivity contribution < 1.29 is 5.11 Å². The van der Waals surface area contributed by atoms with Gasteiger partial charge in [0.05, 0.1) is 6.10 Å². The van der Waals surface area contributed by atoms with Crippen molar-refractivity contribution in [3.8, 4) is 0 Å². The summed E-state index contributed by atoms with van der Waals surface area (Å²) in [5.74, 6) is 1.25. The van der Waals surface area contributed by atoms with Crippen molar-refractivity contribution >= 4 is 11.8 Å². The Balaban J connectivity index is 1.84. The molecule has 1 nitrogen and oxygen atoms in total. The summed E-state index contributed by atoms with van der Waals surface area (Å²) in [6.45, 7) is 6.43. The summed E-state index contributed by atoms with van der Waals surface area (Å²) in [4.78, 5) is 1.33. The third-order valence-electron chi connectivity index (χ3n) is 4.45.